The molecule has 2 amide bonds. The zero-order valence-corrected chi connectivity index (χ0v) is 7.44. The summed E-state index contributed by atoms with van der Waals surface area (Å²) in [7, 11) is 0. The van der Waals surface area contributed by atoms with Gasteiger partial charge < -0.3 is 10.2 Å². The van der Waals surface area contributed by atoms with Crippen LogP contribution < -0.4 is 5.32 Å². The molecule has 1 N–H and O–H groups in total. The predicted molar refractivity (Wildman–Crippen MR) is 48.2 cm³/mol. The lowest BCUT2D eigenvalue weighted by Gasteiger charge is -2.15. The third kappa shape index (κ3) is 3.21. The molecule has 0 aromatic rings. The van der Waals surface area contributed by atoms with Crippen molar-refractivity contribution in [3.8, 4) is 0 Å². The smallest absolute Gasteiger partial charge is 0.317 e. The zero-order chi connectivity index (χ0) is 9.52. The van der Waals surface area contributed by atoms with Crippen LogP contribution in [0.4, 0.5) is 4.79 Å². The fourth-order valence-corrected chi connectivity index (χ4v) is 1.29. The maximum absolute atomic E-state index is 11.3. The van der Waals surface area contributed by atoms with E-state index in [2.05, 4.69) is 15.3 Å². The summed E-state index contributed by atoms with van der Waals surface area (Å²) >= 11 is 0. The number of hydrogen-bond acceptors (Lipinski definition) is 2. The number of hydrogen-bond donors (Lipinski definition) is 1. The number of nitrogens with one attached hydrogen (secondary N) is 1. The van der Waals surface area contributed by atoms with Crippen LogP contribution in [-0.4, -0.2) is 37.1 Å². The van der Waals surface area contributed by atoms with Gasteiger partial charge in [-0.05, 0) is 18.4 Å². The van der Waals surface area contributed by atoms with E-state index in [0.29, 0.717) is 13.1 Å². The molecule has 0 aliphatic carbocycles. The molecule has 0 radical (unpaired) electrons. The van der Waals surface area contributed by atoms with E-state index < -0.39 is 0 Å². The van der Waals surface area contributed by atoms with Crippen molar-refractivity contribution in [1.82, 2.24) is 10.2 Å². The summed E-state index contributed by atoms with van der Waals surface area (Å²) in [4.78, 5) is 15.7. The van der Waals surface area contributed by atoms with Gasteiger partial charge in [-0.3, -0.25) is 0 Å². The predicted octanol–water partition coefficient (Wildman–Crippen LogP) is 1.10. The minimum atomic E-state index is -0.0503. The summed E-state index contributed by atoms with van der Waals surface area (Å²) in [6, 6.07) is -0.0503. The minimum absolute atomic E-state index is 0.0503. The Kier molecular flexibility index (Phi) is 3.92. The molecule has 6 heteroatoms. The largest absolute Gasteiger partial charge is 0.338 e. The molecule has 1 rings (SSSR count). The summed E-state index contributed by atoms with van der Waals surface area (Å²) < 4.78 is 0. The summed E-state index contributed by atoms with van der Waals surface area (Å²) in [6.07, 6.45) is 2.17. The van der Waals surface area contributed by atoms with Gasteiger partial charge in [-0.2, -0.15) is 0 Å². The van der Waals surface area contributed by atoms with E-state index >= 15 is 0 Å². The molecule has 1 saturated heterocycles. The maximum atomic E-state index is 11.3. The molecule has 72 valence electrons. The summed E-state index contributed by atoms with van der Waals surface area (Å²) in [6.45, 7) is 2.41. The SMILES string of the molecule is [N-]=[N+]=NCCNC(=O)N1CCCC1. The Morgan fingerprint density at radius 2 is 2.23 bits per heavy atom. The summed E-state index contributed by atoms with van der Waals surface area (Å²) in [5.41, 5.74) is 7.98. The Hall–Kier alpha value is -1.42. The number of carbonyl (C=O) groups is 1. The Bertz CT molecular complexity index is 217. The van der Waals surface area contributed by atoms with Gasteiger partial charge in [-0.25, -0.2) is 4.79 Å². The second-order valence-corrected chi connectivity index (χ2v) is 2.88. The standard InChI is InChI=1S/C7H13N5O/c8-11-10-4-3-9-7(13)12-5-1-2-6-12/h1-6H2,(H,9,13). The van der Waals surface area contributed by atoms with Crippen molar-refractivity contribution in [2.75, 3.05) is 26.2 Å². The molecule has 1 heterocycles. The maximum Gasteiger partial charge on any atom is 0.317 e. The van der Waals surface area contributed by atoms with Gasteiger partial charge in [0.05, 0.1) is 0 Å². The van der Waals surface area contributed by atoms with Crippen LogP contribution in [0.5, 0.6) is 0 Å². The Labute approximate surface area is 76.5 Å². The van der Waals surface area contributed by atoms with Crippen LogP contribution in [0.25, 0.3) is 10.4 Å². The lowest BCUT2D eigenvalue weighted by molar-refractivity contribution is 0.209. The number of likely N-dealkylation sites (tertiary alicyclic amines) is 1. The number of azide groups is 1. The molecule has 1 aliphatic rings. The number of nitrogens with zero attached hydrogens (tertiary/aromatic N) is 4. The molecule has 0 aromatic heterocycles. The van der Waals surface area contributed by atoms with Crippen molar-refractivity contribution in [1.29, 1.82) is 0 Å². The highest BCUT2D eigenvalue weighted by Gasteiger charge is 2.16. The van der Waals surface area contributed by atoms with Gasteiger partial charge in [0.2, 0.25) is 0 Å². The highest BCUT2D eigenvalue weighted by Crippen LogP contribution is 2.06. The highest BCUT2D eigenvalue weighted by atomic mass is 16.2. The first-order chi connectivity index (χ1) is 6.34. The summed E-state index contributed by atoms with van der Waals surface area (Å²) in [5.74, 6) is 0. The first kappa shape index (κ1) is 9.67. The Morgan fingerprint density at radius 1 is 1.54 bits per heavy atom. The van der Waals surface area contributed by atoms with Crippen molar-refractivity contribution in [2.45, 2.75) is 12.8 Å². The number of rotatable bonds is 3. The molecule has 1 fully saturated rings. The normalized spacial score (nSPS) is 15.2. The van der Waals surface area contributed by atoms with Crippen molar-refractivity contribution in [2.24, 2.45) is 5.11 Å². The molecule has 0 aromatic carbocycles. The van der Waals surface area contributed by atoms with Gasteiger partial charge in [0, 0.05) is 31.1 Å². The van der Waals surface area contributed by atoms with Crippen LogP contribution in [0.3, 0.4) is 0 Å². The van der Waals surface area contributed by atoms with Gasteiger partial charge in [0.25, 0.3) is 0 Å². The van der Waals surface area contributed by atoms with Crippen LogP contribution >= 0.6 is 0 Å². The third-order valence-electron chi connectivity index (χ3n) is 1.94. The molecule has 1 aliphatic heterocycles. The lowest BCUT2D eigenvalue weighted by atomic mass is 10.4. The molecule has 0 atom stereocenters. The molecule has 13 heavy (non-hydrogen) atoms. The molecule has 0 unspecified atom stereocenters. The number of urea groups is 1. The molecular formula is C7H13N5O. The second kappa shape index (κ2) is 5.27. The van der Waals surface area contributed by atoms with E-state index in [4.69, 9.17) is 5.53 Å². The molecule has 6 nitrogen and oxygen atoms in total. The monoisotopic (exact) mass is 183 g/mol. The van der Waals surface area contributed by atoms with Crippen molar-refractivity contribution >= 4 is 6.03 Å². The van der Waals surface area contributed by atoms with E-state index in [-0.39, 0.29) is 6.03 Å². The summed E-state index contributed by atoms with van der Waals surface area (Å²) in [5, 5.41) is 6.00. The van der Waals surface area contributed by atoms with Crippen molar-refractivity contribution in [3.63, 3.8) is 0 Å². The Morgan fingerprint density at radius 3 is 2.85 bits per heavy atom. The zero-order valence-electron chi connectivity index (χ0n) is 7.44. The molecular weight excluding hydrogens is 170 g/mol. The molecule has 0 spiro atoms. The quantitative estimate of drug-likeness (QED) is 0.302. The van der Waals surface area contributed by atoms with Crippen LogP contribution in [0, 0.1) is 0 Å². The highest BCUT2D eigenvalue weighted by molar-refractivity contribution is 5.74. The van der Waals surface area contributed by atoms with Crippen LogP contribution in [0.1, 0.15) is 12.8 Å². The lowest BCUT2D eigenvalue weighted by Crippen LogP contribution is -2.38. The number of carbonyl (C=O) groups excluding carboxylic acids is 1. The first-order valence-corrected chi connectivity index (χ1v) is 4.38. The van der Waals surface area contributed by atoms with Gasteiger partial charge in [0.15, 0.2) is 0 Å². The first-order valence-electron chi connectivity index (χ1n) is 4.38. The fraction of sp³-hybridized carbons (Fsp3) is 0.857. The molecule has 0 saturated carbocycles. The van der Waals surface area contributed by atoms with Gasteiger partial charge >= 0.3 is 6.03 Å². The van der Waals surface area contributed by atoms with E-state index in [1.807, 2.05) is 0 Å². The van der Waals surface area contributed by atoms with E-state index in [1.165, 1.54) is 0 Å². The van der Waals surface area contributed by atoms with Gasteiger partial charge in [-0.15, -0.1) is 0 Å². The van der Waals surface area contributed by atoms with Crippen LogP contribution in [-0.2, 0) is 0 Å². The average Bonchev–Trinajstić information content (AvgIpc) is 2.65. The van der Waals surface area contributed by atoms with E-state index in [1.54, 1.807) is 4.90 Å². The Balaban J connectivity index is 2.13. The average molecular weight is 183 g/mol. The topological polar surface area (TPSA) is 81.1 Å². The van der Waals surface area contributed by atoms with Gasteiger partial charge in [0.1, 0.15) is 0 Å². The second-order valence-electron chi connectivity index (χ2n) is 2.88. The molecule has 0 bridgehead atoms. The fourth-order valence-electron chi connectivity index (χ4n) is 1.29. The van der Waals surface area contributed by atoms with E-state index in [9.17, 15) is 4.79 Å². The van der Waals surface area contributed by atoms with Crippen molar-refractivity contribution < 1.29 is 4.79 Å². The minimum Gasteiger partial charge on any atom is -0.338 e. The van der Waals surface area contributed by atoms with Crippen LogP contribution in [0.15, 0.2) is 5.11 Å². The number of amides is 2. The third-order valence-corrected chi connectivity index (χ3v) is 1.94. The van der Waals surface area contributed by atoms with E-state index in [0.717, 1.165) is 25.9 Å². The van der Waals surface area contributed by atoms with Crippen molar-refractivity contribution in [3.05, 3.63) is 10.4 Å². The van der Waals surface area contributed by atoms with Crippen LogP contribution in [0.2, 0.25) is 0 Å². The van der Waals surface area contributed by atoms with Gasteiger partial charge in [-0.1, -0.05) is 5.11 Å².